The normalized spacial score (nSPS) is 11.4. The summed E-state index contributed by atoms with van der Waals surface area (Å²) >= 11 is 0. The molecule has 0 N–H and O–H groups in total. The van der Waals surface area contributed by atoms with E-state index in [1.165, 1.54) is 18.7 Å². The van der Waals surface area contributed by atoms with Gasteiger partial charge in [0.1, 0.15) is 5.82 Å². The minimum Gasteiger partial charge on any atom is -0.494 e. The highest BCUT2D eigenvalue weighted by Crippen LogP contribution is 2.29. The molecular weight excluding hydrogens is 429 g/mol. The number of halogens is 1. The average Bonchev–Trinajstić information content (AvgIpc) is 3.23. The van der Waals surface area contributed by atoms with Crippen LogP contribution in [-0.4, -0.2) is 47.0 Å². The number of nitrogens with zero attached hydrogens (tertiary/aromatic N) is 3. The topological polar surface area (TPSA) is 47.4 Å². The number of Topliss-reactive ketones (excluding diaryl/α,β-unsaturated/α-hetero) is 1. The van der Waals surface area contributed by atoms with Crippen LogP contribution < -0.4 is 4.74 Å². The van der Waals surface area contributed by atoms with Crippen LogP contribution in [0.25, 0.3) is 22.6 Å². The highest BCUT2D eigenvalue weighted by Gasteiger charge is 2.17. The fourth-order valence-corrected chi connectivity index (χ4v) is 4.08. The second kappa shape index (κ2) is 11.9. The summed E-state index contributed by atoms with van der Waals surface area (Å²) in [7, 11) is 1.44. The minimum atomic E-state index is -0.430. The SMILES string of the molecule is CCN(CC)CCc1ccc(-c2cn(CC(=O)CC(C)C)c(-c3ccc(F)c(OC)c3)n2)cc1. The zero-order valence-electron chi connectivity index (χ0n) is 21.0. The first-order chi connectivity index (χ1) is 16.3. The van der Waals surface area contributed by atoms with Gasteiger partial charge in [0.2, 0.25) is 0 Å². The number of methoxy groups -OCH3 is 1. The van der Waals surface area contributed by atoms with Gasteiger partial charge in [0.25, 0.3) is 0 Å². The van der Waals surface area contributed by atoms with Crippen LogP contribution in [0.15, 0.2) is 48.7 Å². The Morgan fingerprint density at radius 1 is 1.09 bits per heavy atom. The molecule has 0 bridgehead atoms. The average molecular weight is 466 g/mol. The van der Waals surface area contributed by atoms with Gasteiger partial charge in [-0.1, -0.05) is 52.0 Å². The number of imidazole rings is 1. The number of ether oxygens (including phenoxy) is 1. The Hall–Kier alpha value is -2.99. The maximum absolute atomic E-state index is 14.0. The summed E-state index contributed by atoms with van der Waals surface area (Å²) in [6.07, 6.45) is 3.41. The molecule has 0 aliphatic rings. The first-order valence-electron chi connectivity index (χ1n) is 12.1. The molecule has 3 aromatic rings. The molecule has 2 aromatic carbocycles. The van der Waals surface area contributed by atoms with Gasteiger partial charge >= 0.3 is 0 Å². The molecule has 0 saturated carbocycles. The Balaban J connectivity index is 1.91. The summed E-state index contributed by atoms with van der Waals surface area (Å²) in [5.41, 5.74) is 3.76. The Kier molecular flexibility index (Phi) is 8.99. The zero-order valence-corrected chi connectivity index (χ0v) is 21.0. The van der Waals surface area contributed by atoms with Gasteiger partial charge in [-0.15, -0.1) is 0 Å². The second-order valence-corrected chi connectivity index (χ2v) is 9.04. The fraction of sp³-hybridized carbons (Fsp3) is 0.429. The lowest BCUT2D eigenvalue weighted by atomic mass is 10.1. The van der Waals surface area contributed by atoms with Crippen molar-refractivity contribution in [1.29, 1.82) is 0 Å². The van der Waals surface area contributed by atoms with E-state index in [1.54, 1.807) is 12.1 Å². The number of likely N-dealkylation sites (N-methyl/N-ethyl adjacent to an activating group) is 1. The Morgan fingerprint density at radius 2 is 1.76 bits per heavy atom. The Morgan fingerprint density at radius 3 is 2.38 bits per heavy atom. The van der Waals surface area contributed by atoms with Crippen molar-refractivity contribution in [2.45, 2.75) is 47.1 Å². The largest absolute Gasteiger partial charge is 0.494 e. The minimum absolute atomic E-state index is 0.140. The fourth-order valence-electron chi connectivity index (χ4n) is 4.08. The van der Waals surface area contributed by atoms with E-state index in [4.69, 9.17) is 9.72 Å². The van der Waals surface area contributed by atoms with Crippen molar-refractivity contribution >= 4 is 5.78 Å². The van der Waals surface area contributed by atoms with Crippen LogP contribution in [0.5, 0.6) is 5.75 Å². The molecule has 0 radical (unpaired) electrons. The van der Waals surface area contributed by atoms with Gasteiger partial charge in [-0.05, 0) is 49.2 Å². The molecule has 0 unspecified atom stereocenters. The lowest BCUT2D eigenvalue weighted by Crippen LogP contribution is -2.25. The van der Waals surface area contributed by atoms with Gasteiger partial charge in [-0.2, -0.15) is 0 Å². The van der Waals surface area contributed by atoms with Crippen molar-refractivity contribution in [1.82, 2.24) is 14.5 Å². The molecule has 3 rings (SSSR count). The first kappa shape index (κ1) is 25.6. The van der Waals surface area contributed by atoms with E-state index in [0.717, 1.165) is 37.3 Å². The summed E-state index contributed by atoms with van der Waals surface area (Å²) in [6.45, 7) is 11.8. The van der Waals surface area contributed by atoms with Crippen LogP contribution in [0.3, 0.4) is 0 Å². The molecule has 0 aliphatic carbocycles. The first-order valence-corrected chi connectivity index (χ1v) is 12.1. The molecule has 6 heteroatoms. The predicted molar refractivity (Wildman–Crippen MR) is 136 cm³/mol. The standard InChI is InChI=1S/C28H36FN3O2/c1-6-31(7-2)15-14-21-8-10-22(11-9-21)26-19-32(18-24(33)16-20(3)4)28(30-26)23-12-13-25(29)27(17-23)34-5/h8-13,17,19-20H,6-7,14-16,18H2,1-5H3. The zero-order chi connectivity index (χ0) is 24.7. The van der Waals surface area contributed by atoms with Crippen molar-refractivity contribution in [2.24, 2.45) is 5.92 Å². The third-order valence-corrected chi connectivity index (χ3v) is 6.03. The third kappa shape index (κ3) is 6.54. The number of hydrogen-bond donors (Lipinski definition) is 0. The van der Waals surface area contributed by atoms with E-state index in [0.29, 0.717) is 17.8 Å². The summed E-state index contributed by atoms with van der Waals surface area (Å²) < 4.78 is 21.0. The molecule has 0 fully saturated rings. The second-order valence-electron chi connectivity index (χ2n) is 9.04. The third-order valence-electron chi connectivity index (χ3n) is 6.03. The molecule has 0 aliphatic heterocycles. The van der Waals surface area contributed by atoms with Crippen LogP contribution in [0.4, 0.5) is 4.39 Å². The van der Waals surface area contributed by atoms with Gasteiger partial charge in [0, 0.05) is 30.3 Å². The lowest BCUT2D eigenvalue weighted by Gasteiger charge is -2.17. The molecule has 5 nitrogen and oxygen atoms in total. The summed E-state index contributed by atoms with van der Waals surface area (Å²) in [5.74, 6) is 0.770. The Labute approximate surface area is 202 Å². The van der Waals surface area contributed by atoms with Crippen molar-refractivity contribution in [3.8, 4) is 28.4 Å². The molecular formula is C28H36FN3O2. The predicted octanol–water partition coefficient (Wildman–Crippen LogP) is 5.86. The number of carbonyl (C=O) groups is 1. The number of aromatic nitrogens is 2. The van der Waals surface area contributed by atoms with Crippen LogP contribution in [-0.2, 0) is 17.8 Å². The number of carbonyl (C=O) groups excluding carboxylic acids is 1. The molecule has 1 heterocycles. The van der Waals surface area contributed by atoms with Crippen LogP contribution in [0.2, 0.25) is 0 Å². The van der Waals surface area contributed by atoms with Crippen molar-refractivity contribution in [2.75, 3.05) is 26.7 Å². The van der Waals surface area contributed by atoms with Crippen molar-refractivity contribution in [3.05, 3.63) is 60.0 Å². The molecule has 0 atom stereocenters. The molecule has 34 heavy (non-hydrogen) atoms. The number of hydrogen-bond acceptors (Lipinski definition) is 4. The molecule has 0 saturated heterocycles. The van der Waals surface area contributed by atoms with E-state index < -0.39 is 5.82 Å². The van der Waals surface area contributed by atoms with Crippen molar-refractivity contribution < 1.29 is 13.9 Å². The van der Waals surface area contributed by atoms with Gasteiger partial charge in [0.05, 0.1) is 19.3 Å². The number of ketones is 1. The molecule has 0 spiro atoms. The van der Waals surface area contributed by atoms with Crippen LogP contribution in [0.1, 0.15) is 39.7 Å². The van der Waals surface area contributed by atoms with Gasteiger partial charge in [0.15, 0.2) is 17.3 Å². The van der Waals surface area contributed by atoms with Gasteiger partial charge in [-0.25, -0.2) is 9.37 Å². The lowest BCUT2D eigenvalue weighted by molar-refractivity contribution is -0.120. The van der Waals surface area contributed by atoms with Gasteiger partial charge in [-0.3, -0.25) is 4.79 Å². The van der Waals surface area contributed by atoms with Crippen molar-refractivity contribution in [3.63, 3.8) is 0 Å². The van der Waals surface area contributed by atoms with Crippen LogP contribution >= 0.6 is 0 Å². The monoisotopic (exact) mass is 465 g/mol. The molecule has 0 amide bonds. The van der Waals surface area contributed by atoms with E-state index >= 15 is 0 Å². The highest BCUT2D eigenvalue weighted by atomic mass is 19.1. The van der Waals surface area contributed by atoms with Crippen LogP contribution in [0, 0.1) is 11.7 Å². The van der Waals surface area contributed by atoms with E-state index in [1.807, 2.05) is 24.6 Å². The molecule has 182 valence electrons. The maximum atomic E-state index is 14.0. The summed E-state index contributed by atoms with van der Waals surface area (Å²) in [6, 6.07) is 13.1. The van der Waals surface area contributed by atoms with E-state index in [2.05, 4.69) is 43.0 Å². The maximum Gasteiger partial charge on any atom is 0.165 e. The highest BCUT2D eigenvalue weighted by molar-refractivity contribution is 5.79. The van der Waals surface area contributed by atoms with E-state index in [-0.39, 0.29) is 24.0 Å². The van der Waals surface area contributed by atoms with Gasteiger partial charge < -0.3 is 14.2 Å². The number of benzene rings is 2. The smallest absolute Gasteiger partial charge is 0.165 e. The summed E-state index contributed by atoms with van der Waals surface area (Å²) in [5, 5.41) is 0. The Bertz CT molecular complexity index is 1090. The summed E-state index contributed by atoms with van der Waals surface area (Å²) in [4.78, 5) is 19.9. The number of rotatable bonds is 12. The van der Waals surface area contributed by atoms with E-state index in [9.17, 15) is 9.18 Å². The molecule has 1 aromatic heterocycles. The quantitative estimate of drug-likeness (QED) is 0.336.